The van der Waals surface area contributed by atoms with Gasteiger partial charge in [0.05, 0.1) is 10.2 Å². The van der Waals surface area contributed by atoms with Gasteiger partial charge >= 0.3 is 0 Å². The molecule has 0 unspecified atom stereocenters. The van der Waals surface area contributed by atoms with E-state index in [0.717, 1.165) is 41.8 Å². The van der Waals surface area contributed by atoms with Gasteiger partial charge in [-0.05, 0) is 59.5 Å². The Morgan fingerprint density at radius 2 is 2.14 bits per heavy atom. The van der Waals surface area contributed by atoms with Crippen molar-refractivity contribution >= 4 is 38.9 Å². The number of hydrogen-bond donors (Lipinski definition) is 2. The zero-order valence-electron chi connectivity index (χ0n) is 12.9. The Hall–Kier alpha value is -1.40. The van der Waals surface area contributed by atoms with Crippen LogP contribution in [0.5, 0.6) is 0 Å². The summed E-state index contributed by atoms with van der Waals surface area (Å²) < 4.78 is 3.00. The predicted molar refractivity (Wildman–Crippen MR) is 99.3 cm³/mol. The van der Waals surface area contributed by atoms with Crippen LogP contribution in [0.25, 0.3) is 0 Å². The van der Waals surface area contributed by atoms with E-state index in [4.69, 9.17) is 12.2 Å². The van der Waals surface area contributed by atoms with Crippen LogP contribution < -0.4 is 10.6 Å². The van der Waals surface area contributed by atoms with Crippen LogP contribution in [0.4, 0.5) is 5.69 Å². The number of thiocarbonyl (C=S) groups is 1. The molecule has 1 aromatic heterocycles. The first-order valence-corrected chi connectivity index (χ1v) is 8.62. The first kappa shape index (κ1) is 17.0. The van der Waals surface area contributed by atoms with Crippen LogP contribution in [0, 0.1) is 6.92 Å². The highest BCUT2D eigenvalue weighted by Crippen LogP contribution is 2.15. The van der Waals surface area contributed by atoms with Gasteiger partial charge in [0, 0.05) is 25.0 Å². The third kappa shape index (κ3) is 4.81. The maximum atomic E-state index is 5.35. The summed E-state index contributed by atoms with van der Waals surface area (Å²) in [7, 11) is 0. The summed E-state index contributed by atoms with van der Waals surface area (Å²) in [6.45, 7) is 5.81. The number of aryl methyl sites for hydroxylation is 3. The highest BCUT2D eigenvalue weighted by molar-refractivity contribution is 9.10. The van der Waals surface area contributed by atoms with Crippen molar-refractivity contribution in [3.63, 3.8) is 0 Å². The Kier molecular flexibility index (Phi) is 6.39. The number of benzene rings is 1. The molecule has 0 aliphatic carbocycles. The smallest absolute Gasteiger partial charge is 0.170 e. The van der Waals surface area contributed by atoms with Gasteiger partial charge in [0.1, 0.15) is 0 Å². The number of halogens is 1. The van der Waals surface area contributed by atoms with Gasteiger partial charge < -0.3 is 10.6 Å². The standard InChI is InChI=1S/C16H21BrN4S/c1-3-13-7-4-5-8-15(13)19-16(22)18-9-6-10-21-11-14(17)12(2)20-21/h4-5,7-8,11H,3,6,9-10H2,1-2H3,(H2,18,19,22). The van der Waals surface area contributed by atoms with Crippen LogP contribution in [0.3, 0.4) is 0 Å². The van der Waals surface area contributed by atoms with Crippen LogP contribution in [0.2, 0.25) is 0 Å². The van der Waals surface area contributed by atoms with Gasteiger partial charge in [-0.25, -0.2) is 0 Å². The minimum absolute atomic E-state index is 0.665. The molecule has 0 aliphatic rings. The fourth-order valence-corrected chi connectivity index (χ4v) is 2.70. The van der Waals surface area contributed by atoms with E-state index >= 15 is 0 Å². The van der Waals surface area contributed by atoms with Gasteiger partial charge in [-0.15, -0.1) is 0 Å². The van der Waals surface area contributed by atoms with Crippen LogP contribution in [0.1, 0.15) is 24.6 Å². The van der Waals surface area contributed by atoms with Crippen molar-refractivity contribution < 1.29 is 0 Å². The molecule has 2 rings (SSSR count). The van der Waals surface area contributed by atoms with E-state index < -0.39 is 0 Å². The van der Waals surface area contributed by atoms with Crippen molar-refractivity contribution in [2.24, 2.45) is 0 Å². The molecular weight excluding hydrogens is 360 g/mol. The molecule has 0 fully saturated rings. The second kappa shape index (κ2) is 8.29. The van der Waals surface area contributed by atoms with Crippen LogP contribution >= 0.6 is 28.1 Å². The molecule has 0 amide bonds. The zero-order valence-corrected chi connectivity index (χ0v) is 15.3. The molecule has 1 heterocycles. The largest absolute Gasteiger partial charge is 0.362 e. The van der Waals surface area contributed by atoms with Gasteiger partial charge in [0.15, 0.2) is 5.11 Å². The first-order valence-electron chi connectivity index (χ1n) is 7.42. The van der Waals surface area contributed by atoms with E-state index in [1.165, 1.54) is 5.56 Å². The van der Waals surface area contributed by atoms with Crippen molar-refractivity contribution in [2.75, 3.05) is 11.9 Å². The Morgan fingerprint density at radius 3 is 2.82 bits per heavy atom. The van der Waals surface area contributed by atoms with Crippen LogP contribution in [0.15, 0.2) is 34.9 Å². The normalized spacial score (nSPS) is 10.5. The van der Waals surface area contributed by atoms with Crippen molar-refractivity contribution in [1.29, 1.82) is 0 Å². The molecule has 2 aromatic rings. The molecule has 2 N–H and O–H groups in total. The monoisotopic (exact) mass is 380 g/mol. The topological polar surface area (TPSA) is 41.9 Å². The van der Waals surface area contributed by atoms with Crippen molar-refractivity contribution in [2.45, 2.75) is 33.2 Å². The molecule has 0 bridgehead atoms. The molecule has 118 valence electrons. The summed E-state index contributed by atoms with van der Waals surface area (Å²) in [6, 6.07) is 8.23. The van der Waals surface area contributed by atoms with E-state index in [-0.39, 0.29) is 0 Å². The van der Waals surface area contributed by atoms with Gasteiger partial charge in [-0.3, -0.25) is 4.68 Å². The molecule has 0 saturated heterocycles. The highest BCUT2D eigenvalue weighted by Gasteiger charge is 2.03. The molecular formula is C16H21BrN4S. The summed E-state index contributed by atoms with van der Waals surface area (Å²) in [4.78, 5) is 0. The SMILES string of the molecule is CCc1ccccc1NC(=S)NCCCn1cc(Br)c(C)n1. The summed E-state index contributed by atoms with van der Waals surface area (Å²) in [5.74, 6) is 0. The van der Waals surface area contributed by atoms with Crippen LogP contribution in [-0.2, 0) is 13.0 Å². The number of nitrogens with zero attached hydrogens (tertiary/aromatic N) is 2. The lowest BCUT2D eigenvalue weighted by Gasteiger charge is -2.13. The fourth-order valence-electron chi connectivity index (χ4n) is 2.17. The quantitative estimate of drug-likeness (QED) is 0.589. The molecule has 0 atom stereocenters. The third-order valence-electron chi connectivity index (χ3n) is 3.38. The minimum Gasteiger partial charge on any atom is -0.362 e. The van der Waals surface area contributed by atoms with E-state index in [1.807, 2.05) is 29.9 Å². The molecule has 4 nitrogen and oxygen atoms in total. The lowest BCUT2D eigenvalue weighted by atomic mass is 10.1. The van der Waals surface area contributed by atoms with Gasteiger partial charge in [-0.1, -0.05) is 25.1 Å². The maximum absolute atomic E-state index is 5.35. The average Bonchev–Trinajstić information content (AvgIpc) is 2.83. The van der Waals surface area contributed by atoms with Gasteiger partial charge in [0.2, 0.25) is 0 Å². The average molecular weight is 381 g/mol. The minimum atomic E-state index is 0.665. The lowest BCUT2D eigenvalue weighted by molar-refractivity contribution is 0.570. The van der Waals surface area contributed by atoms with Crippen molar-refractivity contribution in [3.05, 3.63) is 46.2 Å². The summed E-state index contributed by atoms with van der Waals surface area (Å²) in [5.41, 5.74) is 3.36. The molecule has 0 saturated carbocycles. The lowest BCUT2D eigenvalue weighted by Crippen LogP contribution is -2.30. The second-order valence-electron chi connectivity index (χ2n) is 5.07. The molecule has 0 aliphatic heterocycles. The Morgan fingerprint density at radius 1 is 1.36 bits per heavy atom. The fraction of sp³-hybridized carbons (Fsp3) is 0.375. The van der Waals surface area contributed by atoms with E-state index in [9.17, 15) is 0 Å². The Bertz CT molecular complexity index is 619. The van der Waals surface area contributed by atoms with E-state index in [0.29, 0.717) is 5.11 Å². The molecule has 0 radical (unpaired) electrons. The van der Waals surface area contributed by atoms with Crippen LogP contribution in [-0.4, -0.2) is 21.4 Å². The predicted octanol–water partition coefficient (Wildman–Crippen LogP) is 3.89. The van der Waals surface area contributed by atoms with E-state index in [2.05, 4.69) is 50.7 Å². The summed E-state index contributed by atoms with van der Waals surface area (Å²) in [5, 5.41) is 11.6. The molecule has 1 aromatic carbocycles. The van der Waals surface area contributed by atoms with Crippen molar-refractivity contribution in [1.82, 2.24) is 15.1 Å². The Balaban J connectivity index is 1.74. The third-order valence-corrected chi connectivity index (χ3v) is 4.41. The maximum Gasteiger partial charge on any atom is 0.170 e. The number of para-hydroxylation sites is 1. The first-order chi connectivity index (χ1) is 10.6. The second-order valence-corrected chi connectivity index (χ2v) is 6.33. The molecule has 6 heteroatoms. The zero-order chi connectivity index (χ0) is 15.9. The van der Waals surface area contributed by atoms with Gasteiger partial charge in [0.25, 0.3) is 0 Å². The van der Waals surface area contributed by atoms with Gasteiger partial charge in [-0.2, -0.15) is 5.10 Å². The molecule has 0 spiro atoms. The number of aromatic nitrogens is 2. The molecule has 22 heavy (non-hydrogen) atoms. The number of anilines is 1. The Labute approximate surface area is 145 Å². The summed E-state index contributed by atoms with van der Waals surface area (Å²) >= 11 is 8.82. The van der Waals surface area contributed by atoms with Crippen molar-refractivity contribution in [3.8, 4) is 0 Å². The highest BCUT2D eigenvalue weighted by atomic mass is 79.9. The van der Waals surface area contributed by atoms with E-state index in [1.54, 1.807) is 0 Å². The number of hydrogen-bond acceptors (Lipinski definition) is 2. The number of rotatable bonds is 6. The summed E-state index contributed by atoms with van der Waals surface area (Å²) in [6.07, 6.45) is 3.95. The number of nitrogens with one attached hydrogen (secondary N) is 2.